The molecule has 26 heavy (non-hydrogen) atoms. The summed E-state index contributed by atoms with van der Waals surface area (Å²) in [5, 5.41) is 5.50. The van der Waals surface area contributed by atoms with Crippen molar-refractivity contribution >= 4 is 23.8 Å². The van der Waals surface area contributed by atoms with Crippen molar-refractivity contribution in [1.82, 2.24) is 15.5 Å². The highest BCUT2D eigenvalue weighted by Crippen LogP contribution is 2.35. The van der Waals surface area contributed by atoms with E-state index in [4.69, 9.17) is 4.74 Å². The van der Waals surface area contributed by atoms with Gasteiger partial charge in [-0.2, -0.15) is 0 Å². The van der Waals surface area contributed by atoms with Crippen molar-refractivity contribution in [1.29, 1.82) is 0 Å². The minimum Gasteiger partial charge on any atom is -0.467 e. The standard InChI is InChI=1S/C18H29N3O5/c1-12(2)11-13(15(23)26-3)19-14(22)7-6-10-21-16(24)18(20-17(21)25)8-4-5-9-18/h12-13H,4-11H2,1-3H3,(H,19,22)(H,20,25). The van der Waals surface area contributed by atoms with Gasteiger partial charge in [-0.15, -0.1) is 0 Å². The van der Waals surface area contributed by atoms with Crippen LogP contribution in [0.2, 0.25) is 0 Å². The van der Waals surface area contributed by atoms with Gasteiger partial charge in [0, 0.05) is 13.0 Å². The first-order valence-electron chi connectivity index (χ1n) is 9.30. The maximum absolute atomic E-state index is 12.5. The largest absolute Gasteiger partial charge is 0.467 e. The van der Waals surface area contributed by atoms with Crippen LogP contribution in [0.4, 0.5) is 4.79 Å². The van der Waals surface area contributed by atoms with Gasteiger partial charge in [-0.25, -0.2) is 9.59 Å². The number of ether oxygens (including phenoxy) is 1. The Bertz CT molecular complexity index is 569. The fourth-order valence-corrected chi connectivity index (χ4v) is 3.69. The Morgan fingerprint density at radius 1 is 1.27 bits per heavy atom. The van der Waals surface area contributed by atoms with E-state index in [1.54, 1.807) is 0 Å². The number of esters is 1. The van der Waals surface area contributed by atoms with Crippen molar-refractivity contribution in [3.05, 3.63) is 0 Å². The maximum atomic E-state index is 12.5. The first kappa shape index (κ1) is 20.2. The molecule has 2 aliphatic rings. The van der Waals surface area contributed by atoms with Gasteiger partial charge in [0.05, 0.1) is 7.11 Å². The zero-order valence-corrected chi connectivity index (χ0v) is 15.8. The first-order chi connectivity index (χ1) is 12.3. The van der Waals surface area contributed by atoms with Crippen LogP contribution in [-0.4, -0.2) is 54.0 Å². The predicted molar refractivity (Wildman–Crippen MR) is 94.1 cm³/mol. The fraction of sp³-hybridized carbons (Fsp3) is 0.778. The minimum atomic E-state index is -0.716. The summed E-state index contributed by atoms with van der Waals surface area (Å²) in [4.78, 5) is 49.7. The van der Waals surface area contributed by atoms with E-state index in [0.717, 1.165) is 12.8 Å². The summed E-state index contributed by atoms with van der Waals surface area (Å²) in [6, 6.07) is -1.05. The molecule has 1 heterocycles. The number of nitrogens with zero attached hydrogens (tertiary/aromatic N) is 1. The van der Waals surface area contributed by atoms with E-state index >= 15 is 0 Å². The van der Waals surface area contributed by atoms with Gasteiger partial charge in [-0.3, -0.25) is 14.5 Å². The van der Waals surface area contributed by atoms with Gasteiger partial charge in [-0.05, 0) is 31.6 Å². The SMILES string of the molecule is COC(=O)C(CC(C)C)NC(=O)CCCN1C(=O)NC2(CCCC2)C1=O. The smallest absolute Gasteiger partial charge is 0.328 e. The molecule has 0 aromatic heterocycles. The van der Waals surface area contributed by atoms with Crippen LogP contribution in [0.5, 0.6) is 0 Å². The van der Waals surface area contributed by atoms with Crippen molar-refractivity contribution in [3.8, 4) is 0 Å². The Morgan fingerprint density at radius 2 is 1.92 bits per heavy atom. The number of hydrogen-bond acceptors (Lipinski definition) is 5. The normalized spacial score (nSPS) is 19.8. The van der Waals surface area contributed by atoms with Gasteiger partial charge >= 0.3 is 12.0 Å². The topological polar surface area (TPSA) is 105 Å². The fourth-order valence-electron chi connectivity index (χ4n) is 3.69. The molecule has 2 rings (SSSR count). The maximum Gasteiger partial charge on any atom is 0.328 e. The number of rotatable bonds is 8. The molecule has 0 radical (unpaired) electrons. The third kappa shape index (κ3) is 4.53. The van der Waals surface area contributed by atoms with E-state index in [-0.39, 0.29) is 36.7 Å². The highest BCUT2D eigenvalue weighted by Gasteiger charge is 2.52. The van der Waals surface area contributed by atoms with Crippen molar-refractivity contribution in [2.75, 3.05) is 13.7 Å². The van der Waals surface area contributed by atoms with E-state index < -0.39 is 17.6 Å². The summed E-state index contributed by atoms with van der Waals surface area (Å²) in [5.74, 6) is -0.700. The summed E-state index contributed by atoms with van der Waals surface area (Å²) in [6.07, 6.45) is 4.23. The Labute approximate surface area is 154 Å². The zero-order valence-electron chi connectivity index (χ0n) is 15.8. The Hall–Kier alpha value is -2.12. The van der Waals surface area contributed by atoms with Crippen LogP contribution >= 0.6 is 0 Å². The summed E-state index contributed by atoms with van der Waals surface area (Å²) >= 11 is 0. The second kappa shape index (κ2) is 8.51. The average Bonchev–Trinajstić information content (AvgIpc) is 3.13. The van der Waals surface area contributed by atoms with Gasteiger partial charge in [-0.1, -0.05) is 26.7 Å². The summed E-state index contributed by atoms with van der Waals surface area (Å²) < 4.78 is 4.72. The number of hydrogen-bond donors (Lipinski definition) is 2. The number of imide groups is 1. The van der Waals surface area contributed by atoms with Crippen LogP contribution in [0, 0.1) is 5.92 Å². The lowest BCUT2D eigenvalue weighted by molar-refractivity contribution is -0.145. The van der Waals surface area contributed by atoms with E-state index in [1.165, 1.54) is 12.0 Å². The predicted octanol–water partition coefficient (Wildman–Crippen LogP) is 1.34. The molecule has 4 amide bonds. The molecular weight excluding hydrogens is 338 g/mol. The number of amides is 4. The molecule has 1 saturated carbocycles. The third-order valence-electron chi connectivity index (χ3n) is 5.02. The molecule has 0 aromatic carbocycles. The number of methoxy groups -OCH3 is 1. The minimum absolute atomic E-state index is 0.135. The van der Waals surface area contributed by atoms with Crippen LogP contribution in [0.3, 0.4) is 0 Å². The second-order valence-electron chi connectivity index (χ2n) is 7.55. The molecule has 1 unspecified atom stereocenters. The van der Waals surface area contributed by atoms with Crippen LogP contribution in [-0.2, 0) is 19.1 Å². The van der Waals surface area contributed by atoms with Crippen molar-refractivity contribution in [3.63, 3.8) is 0 Å². The number of nitrogens with one attached hydrogen (secondary N) is 2. The van der Waals surface area contributed by atoms with Gasteiger partial charge in [0.2, 0.25) is 5.91 Å². The molecule has 1 saturated heterocycles. The Morgan fingerprint density at radius 3 is 2.50 bits per heavy atom. The summed E-state index contributed by atoms with van der Waals surface area (Å²) in [7, 11) is 1.29. The molecule has 1 aliphatic carbocycles. The van der Waals surface area contributed by atoms with Gasteiger partial charge < -0.3 is 15.4 Å². The number of carbonyl (C=O) groups is 4. The molecule has 2 fully saturated rings. The second-order valence-corrected chi connectivity index (χ2v) is 7.55. The van der Waals surface area contributed by atoms with Crippen LogP contribution in [0.25, 0.3) is 0 Å². The van der Waals surface area contributed by atoms with Gasteiger partial charge in [0.1, 0.15) is 11.6 Å². The molecule has 1 aliphatic heterocycles. The van der Waals surface area contributed by atoms with Crippen molar-refractivity contribution in [2.45, 2.75) is 70.4 Å². The average molecular weight is 367 g/mol. The molecular formula is C18H29N3O5. The molecule has 2 N–H and O–H groups in total. The quantitative estimate of drug-likeness (QED) is 0.497. The van der Waals surface area contributed by atoms with E-state index in [1.807, 2.05) is 13.8 Å². The number of urea groups is 1. The van der Waals surface area contributed by atoms with Gasteiger partial charge in [0.15, 0.2) is 0 Å². The third-order valence-corrected chi connectivity index (χ3v) is 5.02. The lowest BCUT2D eigenvalue weighted by atomic mass is 9.98. The number of carbonyl (C=O) groups excluding carboxylic acids is 4. The lowest BCUT2D eigenvalue weighted by Crippen LogP contribution is -2.44. The van der Waals surface area contributed by atoms with E-state index in [0.29, 0.717) is 25.7 Å². The summed E-state index contributed by atoms with van der Waals surface area (Å²) in [5.41, 5.74) is -0.716. The van der Waals surface area contributed by atoms with Crippen molar-refractivity contribution in [2.24, 2.45) is 5.92 Å². The molecule has 0 aromatic rings. The molecule has 0 bridgehead atoms. The van der Waals surface area contributed by atoms with E-state index in [9.17, 15) is 19.2 Å². The molecule has 146 valence electrons. The van der Waals surface area contributed by atoms with Gasteiger partial charge in [0.25, 0.3) is 5.91 Å². The summed E-state index contributed by atoms with van der Waals surface area (Å²) in [6.45, 7) is 4.12. The molecule has 1 atom stereocenters. The van der Waals surface area contributed by atoms with E-state index in [2.05, 4.69) is 10.6 Å². The van der Waals surface area contributed by atoms with Crippen molar-refractivity contribution < 1.29 is 23.9 Å². The van der Waals surface area contributed by atoms with Crippen LogP contribution < -0.4 is 10.6 Å². The molecule has 1 spiro atoms. The molecule has 8 nitrogen and oxygen atoms in total. The first-order valence-corrected chi connectivity index (χ1v) is 9.30. The van der Waals surface area contributed by atoms with Crippen LogP contribution in [0.15, 0.2) is 0 Å². The highest BCUT2D eigenvalue weighted by molar-refractivity contribution is 6.07. The monoisotopic (exact) mass is 367 g/mol. The molecule has 8 heteroatoms. The highest BCUT2D eigenvalue weighted by atomic mass is 16.5. The lowest BCUT2D eigenvalue weighted by Gasteiger charge is -2.20. The van der Waals surface area contributed by atoms with Crippen LogP contribution in [0.1, 0.15) is 58.8 Å². The zero-order chi connectivity index (χ0) is 19.3. The Balaban J connectivity index is 1.81. The Kier molecular flexibility index (Phi) is 6.61.